The Morgan fingerprint density at radius 2 is 1.89 bits per heavy atom. The molecule has 8 heteroatoms. The van der Waals surface area contributed by atoms with Gasteiger partial charge in [-0.25, -0.2) is 19.7 Å². The highest BCUT2D eigenvalue weighted by molar-refractivity contribution is 6.10. The Kier molecular flexibility index (Phi) is 4.29. The Morgan fingerprint density at radius 1 is 1.07 bits per heavy atom. The molecule has 0 fully saturated rings. The van der Waals surface area contributed by atoms with Crippen LogP contribution in [0.4, 0.5) is 4.79 Å². The number of hydrogen-bond donors (Lipinski definition) is 1. The van der Waals surface area contributed by atoms with E-state index in [4.69, 9.17) is 14.2 Å². The average molecular weight is 364 g/mol. The number of carbonyl (C=O) groups is 1. The zero-order chi connectivity index (χ0) is 18.8. The molecule has 8 nitrogen and oxygen atoms in total. The summed E-state index contributed by atoms with van der Waals surface area (Å²) >= 11 is 0. The molecule has 3 aromatic heterocycles. The van der Waals surface area contributed by atoms with E-state index in [9.17, 15) is 4.79 Å². The van der Waals surface area contributed by atoms with Crippen LogP contribution in [0.3, 0.4) is 0 Å². The molecular formula is C19H16N4O4. The maximum atomic E-state index is 11.7. The summed E-state index contributed by atoms with van der Waals surface area (Å²) in [6.45, 7) is 3.49. The number of H-pyrrole nitrogens is 1. The van der Waals surface area contributed by atoms with E-state index in [1.54, 1.807) is 44.6 Å². The summed E-state index contributed by atoms with van der Waals surface area (Å²) in [5.74, 6) is 0.715. The van der Waals surface area contributed by atoms with Crippen LogP contribution < -0.4 is 9.47 Å². The van der Waals surface area contributed by atoms with E-state index in [1.165, 1.54) is 0 Å². The number of pyridine rings is 1. The van der Waals surface area contributed by atoms with Gasteiger partial charge in [-0.05, 0) is 32.0 Å². The van der Waals surface area contributed by atoms with Crippen molar-refractivity contribution in [1.82, 2.24) is 19.9 Å². The van der Waals surface area contributed by atoms with Crippen LogP contribution in [-0.2, 0) is 4.74 Å². The number of rotatable bonds is 4. The first-order valence-corrected chi connectivity index (χ1v) is 8.34. The standard InChI is InChI=1S/C19H16N4O4/c1-11(2)25-19(24)27-16-9-12-14(10-22-16)23-13-5-3-6-15(17(12)13)26-18-20-7-4-8-21-18/h3-11,23H,1-2H3. The third kappa shape index (κ3) is 3.50. The highest BCUT2D eigenvalue weighted by Gasteiger charge is 2.15. The van der Waals surface area contributed by atoms with Gasteiger partial charge in [0.05, 0.1) is 28.7 Å². The zero-order valence-corrected chi connectivity index (χ0v) is 14.7. The zero-order valence-electron chi connectivity index (χ0n) is 14.7. The molecule has 1 aromatic carbocycles. The van der Waals surface area contributed by atoms with Crippen LogP contribution in [0.2, 0.25) is 0 Å². The fraction of sp³-hybridized carbons (Fsp3) is 0.158. The van der Waals surface area contributed by atoms with Gasteiger partial charge in [0.15, 0.2) is 0 Å². The lowest BCUT2D eigenvalue weighted by Crippen LogP contribution is -2.16. The minimum absolute atomic E-state index is 0.139. The molecule has 1 N–H and O–H groups in total. The van der Waals surface area contributed by atoms with E-state index in [2.05, 4.69) is 19.9 Å². The number of hydrogen-bond acceptors (Lipinski definition) is 7. The van der Waals surface area contributed by atoms with Gasteiger partial charge in [-0.15, -0.1) is 0 Å². The maximum Gasteiger partial charge on any atom is 0.515 e. The molecule has 0 aliphatic heterocycles. The summed E-state index contributed by atoms with van der Waals surface area (Å²) in [5, 5.41) is 1.60. The number of ether oxygens (including phenoxy) is 3. The van der Waals surface area contributed by atoms with Crippen molar-refractivity contribution in [3.05, 3.63) is 48.9 Å². The smallest absolute Gasteiger partial charge is 0.431 e. The number of aromatic amines is 1. The lowest BCUT2D eigenvalue weighted by molar-refractivity contribution is 0.0716. The number of aromatic nitrogens is 4. The number of carbonyl (C=O) groups excluding carboxylic acids is 1. The number of nitrogens with one attached hydrogen (secondary N) is 1. The Balaban J connectivity index is 1.75. The molecule has 136 valence electrons. The van der Waals surface area contributed by atoms with Crippen molar-refractivity contribution in [2.24, 2.45) is 0 Å². The van der Waals surface area contributed by atoms with E-state index in [0.29, 0.717) is 5.75 Å². The topological polar surface area (TPSA) is 99.2 Å². The van der Waals surface area contributed by atoms with Gasteiger partial charge < -0.3 is 19.2 Å². The Hall–Kier alpha value is -3.68. The van der Waals surface area contributed by atoms with Crippen LogP contribution in [0.25, 0.3) is 21.8 Å². The first kappa shape index (κ1) is 16.8. The summed E-state index contributed by atoms with van der Waals surface area (Å²) in [5.41, 5.74) is 1.63. The number of nitrogens with zero attached hydrogens (tertiary/aromatic N) is 3. The summed E-state index contributed by atoms with van der Waals surface area (Å²) in [6, 6.07) is 9.21. The van der Waals surface area contributed by atoms with E-state index in [0.717, 1.165) is 21.8 Å². The highest BCUT2D eigenvalue weighted by atomic mass is 16.7. The molecular weight excluding hydrogens is 348 g/mol. The van der Waals surface area contributed by atoms with Gasteiger partial charge in [-0.2, -0.15) is 0 Å². The molecule has 4 rings (SSSR count). The molecule has 27 heavy (non-hydrogen) atoms. The molecule has 0 unspecified atom stereocenters. The second-order valence-corrected chi connectivity index (χ2v) is 6.02. The van der Waals surface area contributed by atoms with Crippen molar-refractivity contribution in [3.8, 4) is 17.6 Å². The second kappa shape index (κ2) is 6.91. The third-order valence-corrected chi connectivity index (χ3v) is 3.71. The van der Waals surface area contributed by atoms with Crippen molar-refractivity contribution < 1.29 is 19.0 Å². The minimum atomic E-state index is -0.800. The van der Waals surface area contributed by atoms with Gasteiger partial charge in [0.1, 0.15) is 5.75 Å². The van der Waals surface area contributed by atoms with Crippen molar-refractivity contribution >= 4 is 28.0 Å². The van der Waals surface area contributed by atoms with E-state index in [1.807, 2.05) is 18.2 Å². The molecule has 0 radical (unpaired) electrons. The number of fused-ring (bicyclic) bond motifs is 3. The fourth-order valence-electron chi connectivity index (χ4n) is 2.68. The molecule has 0 aliphatic carbocycles. The predicted molar refractivity (Wildman–Crippen MR) is 98.0 cm³/mol. The Morgan fingerprint density at radius 3 is 2.67 bits per heavy atom. The summed E-state index contributed by atoms with van der Waals surface area (Å²) < 4.78 is 16.0. The molecule has 3 heterocycles. The van der Waals surface area contributed by atoms with Crippen molar-refractivity contribution in [1.29, 1.82) is 0 Å². The Bertz CT molecular complexity index is 1110. The van der Waals surface area contributed by atoms with Crippen LogP contribution in [0, 0.1) is 0 Å². The van der Waals surface area contributed by atoms with Gasteiger partial charge in [0, 0.05) is 23.8 Å². The monoisotopic (exact) mass is 364 g/mol. The van der Waals surface area contributed by atoms with Gasteiger partial charge in [0.25, 0.3) is 0 Å². The van der Waals surface area contributed by atoms with Gasteiger partial charge in [-0.3, -0.25) is 0 Å². The molecule has 0 spiro atoms. The lowest BCUT2D eigenvalue weighted by atomic mass is 10.1. The summed E-state index contributed by atoms with van der Waals surface area (Å²) in [7, 11) is 0. The predicted octanol–water partition coefficient (Wildman–Crippen LogP) is 4.22. The lowest BCUT2D eigenvalue weighted by Gasteiger charge is -2.08. The third-order valence-electron chi connectivity index (χ3n) is 3.71. The van der Waals surface area contributed by atoms with E-state index in [-0.39, 0.29) is 18.0 Å². The van der Waals surface area contributed by atoms with Crippen molar-refractivity contribution in [2.75, 3.05) is 0 Å². The SMILES string of the molecule is CC(C)OC(=O)Oc1cc2c(cn1)[nH]c1cccc(Oc3ncccn3)c12. The highest BCUT2D eigenvalue weighted by Crippen LogP contribution is 2.35. The summed E-state index contributed by atoms with van der Waals surface area (Å²) in [6.07, 6.45) is 3.73. The van der Waals surface area contributed by atoms with Crippen LogP contribution in [0.1, 0.15) is 13.8 Å². The number of benzene rings is 1. The molecule has 0 bridgehead atoms. The van der Waals surface area contributed by atoms with Gasteiger partial charge >= 0.3 is 12.2 Å². The molecule has 0 aliphatic rings. The molecule has 4 aromatic rings. The molecule has 0 saturated heterocycles. The largest absolute Gasteiger partial charge is 0.515 e. The maximum absolute atomic E-state index is 11.7. The van der Waals surface area contributed by atoms with Crippen molar-refractivity contribution in [2.45, 2.75) is 20.0 Å². The van der Waals surface area contributed by atoms with Crippen LogP contribution in [0.15, 0.2) is 48.9 Å². The molecule has 0 saturated carbocycles. The van der Waals surface area contributed by atoms with E-state index >= 15 is 0 Å². The fourth-order valence-corrected chi connectivity index (χ4v) is 2.68. The van der Waals surface area contributed by atoms with E-state index < -0.39 is 6.16 Å². The van der Waals surface area contributed by atoms with Gasteiger partial charge in [0.2, 0.25) is 5.88 Å². The van der Waals surface area contributed by atoms with Crippen molar-refractivity contribution in [3.63, 3.8) is 0 Å². The van der Waals surface area contributed by atoms with Crippen LogP contribution in [-0.4, -0.2) is 32.2 Å². The van der Waals surface area contributed by atoms with Crippen LogP contribution in [0.5, 0.6) is 17.6 Å². The molecule has 0 atom stereocenters. The first-order valence-electron chi connectivity index (χ1n) is 8.34. The van der Waals surface area contributed by atoms with Crippen LogP contribution >= 0.6 is 0 Å². The minimum Gasteiger partial charge on any atom is -0.431 e. The molecule has 0 amide bonds. The summed E-state index contributed by atoms with van der Waals surface area (Å²) in [4.78, 5) is 27.3. The normalized spacial score (nSPS) is 11.1. The second-order valence-electron chi connectivity index (χ2n) is 6.02. The van der Waals surface area contributed by atoms with Gasteiger partial charge in [-0.1, -0.05) is 6.07 Å². The Labute approximate surface area is 154 Å². The first-order chi connectivity index (χ1) is 13.1. The average Bonchev–Trinajstić information content (AvgIpc) is 3.01. The quantitative estimate of drug-likeness (QED) is 0.541.